The molecule has 0 spiro atoms. The maximum absolute atomic E-state index is 6.64. The van der Waals surface area contributed by atoms with E-state index in [4.69, 9.17) is 4.42 Å². The van der Waals surface area contributed by atoms with Crippen molar-refractivity contribution >= 4 is 68.2 Å². The molecule has 3 heteroatoms. The first-order valence-corrected chi connectivity index (χ1v) is 21.4. The van der Waals surface area contributed by atoms with Crippen LogP contribution < -0.4 is 9.80 Å². The van der Waals surface area contributed by atoms with E-state index in [1.165, 1.54) is 55.9 Å². The molecule has 0 N–H and O–H groups in total. The molecular weight excluding hydrogens is 717 g/mol. The van der Waals surface area contributed by atoms with Crippen LogP contribution in [-0.2, 0) is 25.7 Å². The van der Waals surface area contributed by atoms with Crippen LogP contribution in [0, 0.1) is 27.7 Å². The molecule has 296 valence electrons. The third kappa shape index (κ3) is 7.95. The van der Waals surface area contributed by atoms with Gasteiger partial charge in [-0.3, -0.25) is 0 Å². The summed E-state index contributed by atoms with van der Waals surface area (Å²) in [6.07, 6.45) is 8.46. The van der Waals surface area contributed by atoms with Gasteiger partial charge in [-0.25, -0.2) is 0 Å². The van der Waals surface area contributed by atoms with Crippen LogP contribution in [0.15, 0.2) is 138 Å². The minimum absolute atomic E-state index is 0.882. The molecule has 0 aliphatic rings. The van der Waals surface area contributed by atoms with Crippen molar-refractivity contribution in [1.29, 1.82) is 0 Å². The van der Waals surface area contributed by atoms with E-state index in [2.05, 4.69) is 211 Å². The normalized spacial score (nSPS) is 11.6. The number of benzene rings is 7. The minimum Gasteiger partial charge on any atom is -0.456 e. The molecule has 3 nitrogen and oxygen atoms in total. The number of nitrogens with zero attached hydrogens (tertiary/aromatic N) is 2. The summed E-state index contributed by atoms with van der Waals surface area (Å²) in [6.45, 7) is 17.7. The Morgan fingerprint density at radius 2 is 0.746 bits per heavy atom. The molecule has 1 aromatic heterocycles. The van der Waals surface area contributed by atoms with Gasteiger partial charge < -0.3 is 14.2 Å². The van der Waals surface area contributed by atoms with Crippen molar-refractivity contribution in [1.82, 2.24) is 0 Å². The molecule has 59 heavy (non-hydrogen) atoms. The molecule has 0 atom stereocenters. The standard InChI is InChI=1S/C56H56N2O/c1-9-43-20-26-50(34-45(43)11-3)57(48-22-13-37(5)39(7)31-48)47-24-17-41(18-25-47)15-16-42-19-29-53-54-30-28-52(36-56(54)59-55(53)33-42)58(49-23-14-38(6)40(8)32-49)51-27-21-44(10-2)46(12-4)35-51/h13-36H,9-12H2,1-8H3/b16-15+. The molecule has 8 rings (SSSR count). The first-order valence-electron chi connectivity index (χ1n) is 21.4. The zero-order chi connectivity index (χ0) is 41.2. The lowest BCUT2D eigenvalue weighted by molar-refractivity contribution is 0.669. The van der Waals surface area contributed by atoms with E-state index in [9.17, 15) is 0 Å². The van der Waals surface area contributed by atoms with E-state index >= 15 is 0 Å². The number of hydrogen-bond acceptors (Lipinski definition) is 3. The summed E-state index contributed by atoms with van der Waals surface area (Å²) >= 11 is 0. The summed E-state index contributed by atoms with van der Waals surface area (Å²) in [7, 11) is 0. The molecule has 0 saturated heterocycles. The monoisotopic (exact) mass is 772 g/mol. The van der Waals surface area contributed by atoms with Gasteiger partial charge in [0.2, 0.25) is 0 Å². The fourth-order valence-electron chi connectivity index (χ4n) is 8.43. The first-order chi connectivity index (χ1) is 28.7. The summed E-state index contributed by atoms with van der Waals surface area (Å²) in [5, 5.41) is 2.24. The molecule has 7 aromatic carbocycles. The maximum atomic E-state index is 6.64. The number of anilines is 6. The van der Waals surface area contributed by atoms with Gasteiger partial charge in [0.1, 0.15) is 11.2 Å². The lowest BCUT2D eigenvalue weighted by Crippen LogP contribution is -2.11. The molecule has 0 aliphatic carbocycles. The lowest BCUT2D eigenvalue weighted by Gasteiger charge is -2.27. The van der Waals surface area contributed by atoms with Crippen molar-refractivity contribution in [2.45, 2.75) is 81.1 Å². The fourth-order valence-corrected chi connectivity index (χ4v) is 8.43. The maximum Gasteiger partial charge on any atom is 0.137 e. The second kappa shape index (κ2) is 16.9. The molecule has 0 radical (unpaired) electrons. The zero-order valence-electron chi connectivity index (χ0n) is 36.0. The Labute approximate surface area is 351 Å². The summed E-state index contributed by atoms with van der Waals surface area (Å²) in [5.74, 6) is 0. The van der Waals surface area contributed by atoms with Crippen molar-refractivity contribution in [3.63, 3.8) is 0 Å². The Hall–Kier alpha value is -6.32. The number of furan rings is 1. The van der Waals surface area contributed by atoms with Gasteiger partial charge in [-0.2, -0.15) is 0 Å². The Kier molecular flexibility index (Phi) is 11.3. The molecule has 0 saturated carbocycles. The van der Waals surface area contributed by atoms with Crippen LogP contribution in [0.1, 0.15) is 83.3 Å². The number of rotatable bonds is 12. The van der Waals surface area contributed by atoms with Gasteiger partial charge in [-0.05, 0) is 194 Å². The second-order valence-electron chi connectivity index (χ2n) is 16.0. The van der Waals surface area contributed by atoms with Crippen molar-refractivity contribution in [2.24, 2.45) is 0 Å². The van der Waals surface area contributed by atoms with Gasteiger partial charge >= 0.3 is 0 Å². The first kappa shape index (κ1) is 39.5. The fraction of sp³-hybridized carbons (Fsp3) is 0.214. The predicted octanol–water partition coefficient (Wildman–Crippen LogP) is 16.2. The van der Waals surface area contributed by atoms with Crippen molar-refractivity contribution in [3.05, 3.63) is 189 Å². The summed E-state index contributed by atoms with van der Waals surface area (Å²) in [4.78, 5) is 4.74. The second-order valence-corrected chi connectivity index (χ2v) is 16.0. The number of hydrogen-bond donors (Lipinski definition) is 0. The van der Waals surface area contributed by atoms with E-state index in [1.54, 1.807) is 0 Å². The molecule has 0 fully saturated rings. The molecule has 0 amide bonds. The average molecular weight is 773 g/mol. The molecule has 8 aromatic rings. The van der Waals surface area contributed by atoms with Gasteiger partial charge in [0.15, 0.2) is 0 Å². The van der Waals surface area contributed by atoms with Gasteiger partial charge in [-0.1, -0.05) is 82.3 Å². The third-order valence-corrected chi connectivity index (χ3v) is 12.3. The van der Waals surface area contributed by atoms with Crippen LogP contribution in [0.5, 0.6) is 0 Å². The Bertz CT molecular complexity index is 2820. The summed E-state index contributed by atoms with van der Waals surface area (Å²) in [6, 6.07) is 49.4. The minimum atomic E-state index is 0.882. The van der Waals surface area contributed by atoms with Crippen LogP contribution in [0.25, 0.3) is 34.1 Å². The average Bonchev–Trinajstić information content (AvgIpc) is 3.63. The summed E-state index contributed by atoms with van der Waals surface area (Å²) < 4.78 is 6.64. The highest BCUT2D eigenvalue weighted by Crippen LogP contribution is 2.41. The molecular formula is C56H56N2O. The van der Waals surface area contributed by atoms with E-state index in [-0.39, 0.29) is 0 Å². The molecule has 0 bridgehead atoms. The van der Waals surface area contributed by atoms with Crippen LogP contribution in [0.2, 0.25) is 0 Å². The smallest absolute Gasteiger partial charge is 0.137 e. The van der Waals surface area contributed by atoms with Crippen molar-refractivity contribution < 1.29 is 4.42 Å². The Balaban J connectivity index is 1.10. The SMILES string of the molecule is CCc1ccc(N(c2ccc(/C=C/c3ccc4c(c3)oc3cc(N(c5ccc(C)c(C)c5)c5ccc(CC)c(CC)c5)ccc34)cc2)c2ccc(C)c(C)c2)cc1CC. The topological polar surface area (TPSA) is 19.6 Å². The Morgan fingerprint density at radius 3 is 1.27 bits per heavy atom. The van der Waals surface area contributed by atoms with Gasteiger partial charge in [0.05, 0.1) is 0 Å². The van der Waals surface area contributed by atoms with Crippen LogP contribution >= 0.6 is 0 Å². The third-order valence-electron chi connectivity index (χ3n) is 12.3. The van der Waals surface area contributed by atoms with Crippen LogP contribution in [-0.4, -0.2) is 0 Å². The van der Waals surface area contributed by atoms with E-state index in [1.807, 2.05) is 0 Å². The van der Waals surface area contributed by atoms with Crippen LogP contribution in [0.4, 0.5) is 34.1 Å². The van der Waals surface area contributed by atoms with E-state index in [0.717, 1.165) is 81.5 Å². The quantitative estimate of drug-likeness (QED) is 0.115. The highest BCUT2D eigenvalue weighted by molar-refractivity contribution is 6.06. The van der Waals surface area contributed by atoms with E-state index in [0.29, 0.717) is 0 Å². The lowest BCUT2D eigenvalue weighted by atomic mass is 10.0. The number of aryl methyl sites for hydroxylation is 8. The van der Waals surface area contributed by atoms with E-state index < -0.39 is 0 Å². The number of fused-ring (bicyclic) bond motifs is 3. The molecule has 0 unspecified atom stereocenters. The largest absolute Gasteiger partial charge is 0.456 e. The zero-order valence-corrected chi connectivity index (χ0v) is 36.0. The van der Waals surface area contributed by atoms with Crippen LogP contribution in [0.3, 0.4) is 0 Å². The molecule has 1 heterocycles. The Morgan fingerprint density at radius 1 is 0.356 bits per heavy atom. The summed E-state index contributed by atoms with van der Waals surface area (Å²) in [5.41, 5.74) is 21.7. The molecule has 0 aliphatic heterocycles. The van der Waals surface area contributed by atoms with Gasteiger partial charge in [-0.15, -0.1) is 0 Å². The van der Waals surface area contributed by atoms with Crippen molar-refractivity contribution in [2.75, 3.05) is 9.80 Å². The predicted molar refractivity (Wildman–Crippen MR) is 255 cm³/mol. The highest BCUT2D eigenvalue weighted by atomic mass is 16.3. The van der Waals surface area contributed by atoms with Crippen molar-refractivity contribution in [3.8, 4) is 0 Å². The van der Waals surface area contributed by atoms with Gasteiger partial charge in [0.25, 0.3) is 0 Å². The highest BCUT2D eigenvalue weighted by Gasteiger charge is 2.18. The van der Waals surface area contributed by atoms with Gasteiger partial charge in [0, 0.05) is 51.0 Å².